The molecule has 0 spiro atoms. The van der Waals surface area contributed by atoms with E-state index in [0.717, 1.165) is 92.6 Å². The van der Waals surface area contributed by atoms with Crippen molar-refractivity contribution >= 4 is 38.3 Å². The molecule has 5 heterocycles. The maximum absolute atomic E-state index is 14.0. The van der Waals surface area contributed by atoms with Gasteiger partial charge in [0.15, 0.2) is 11.6 Å². The van der Waals surface area contributed by atoms with Crippen LogP contribution >= 0.6 is 11.3 Å². The molecule has 2 aromatic heterocycles. The van der Waals surface area contributed by atoms with Crippen LogP contribution in [0.3, 0.4) is 0 Å². The molecule has 2 atom stereocenters. The second kappa shape index (κ2) is 17.8. The van der Waals surface area contributed by atoms with Crippen molar-refractivity contribution < 1.29 is 23.4 Å². The fraction of sp³-hybridized carbons (Fsp3) is 0.422. The number of benzene rings is 4. The minimum absolute atomic E-state index is 0.0630. The number of hydrogen-bond acceptors (Lipinski definition) is 10. The maximum Gasteiger partial charge on any atom is 0.200 e. The van der Waals surface area contributed by atoms with Crippen LogP contribution in [0.1, 0.15) is 59.9 Å². The molecule has 0 aliphatic carbocycles. The van der Waals surface area contributed by atoms with Crippen molar-refractivity contribution in [2.45, 2.75) is 56.1 Å². The molecule has 0 radical (unpaired) electrons. The quantitative estimate of drug-likeness (QED) is 0.143. The van der Waals surface area contributed by atoms with E-state index in [4.69, 9.17) is 14.5 Å². The molecule has 2 N–H and O–H groups in total. The summed E-state index contributed by atoms with van der Waals surface area (Å²) in [4.78, 5) is 22.1. The van der Waals surface area contributed by atoms with Gasteiger partial charge in [-0.1, -0.05) is 36.4 Å². The molecule has 3 aliphatic heterocycles. The van der Waals surface area contributed by atoms with E-state index < -0.39 is 23.5 Å². The Morgan fingerprint density at radius 2 is 1.41 bits per heavy atom. The van der Waals surface area contributed by atoms with Crippen LogP contribution in [-0.2, 0) is 9.47 Å². The van der Waals surface area contributed by atoms with E-state index in [1.165, 1.54) is 22.0 Å². The number of aromatic nitrogens is 3. The number of para-hydroxylation sites is 3. The molecule has 13 heteroatoms. The Morgan fingerprint density at radius 1 is 0.776 bits per heavy atom. The van der Waals surface area contributed by atoms with E-state index in [1.54, 1.807) is 11.3 Å². The van der Waals surface area contributed by atoms with Crippen LogP contribution in [0.2, 0.25) is 0 Å². The summed E-state index contributed by atoms with van der Waals surface area (Å²) >= 11 is 1.76. The molecule has 306 valence electrons. The van der Waals surface area contributed by atoms with Gasteiger partial charge in [0, 0.05) is 56.6 Å². The monoisotopic (exact) mass is 809 g/mol. The number of hydrogen-bond donors (Lipinski definition) is 2. The molecule has 6 aromatic rings. The van der Waals surface area contributed by atoms with Crippen molar-refractivity contribution in [3.63, 3.8) is 0 Å². The summed E-state index contributed by atoms with van der Waals surface area (Å²) < 4.78 is 41.7. The molecule has 0 amide bonds. The number of H-pyrrole nitrogens is 1. The summed E-state index contributed by atoms with van der Waals surface area (Å²) in [5.74, 6) is -2.66. The normalized spacial score (nSPS) is 18.7. The van der Waals surface area contributed by atoms with Gasteiger partial charge in [0.2, 0.25) is 5.82 Å². The molecule has 58 heavy (non-hydrogen) atoms. The number of phenols is 1. The lowest BCUT2D eigenvalue weighted by Gasteiger charge is -2.44. The largest absolute Gasteiger partial charge is 0.504 e. The van der Waals surface area contributed by atoms with Crippen LogP contribution in [0.4, 0.5) is 14.5 Å². The third-order valence-corrected chi connectivity index (χ3v) is 12.8. The summed E-state index contributed by atoms with van der Waals surface area (Å²) in [6.45, 7) is 6.13. The summed E-state index contributed by atoms with van der Waals surface area (Å²) in [6.07, 6.45) is 3.07. The lowest BCUT2D eigenvalue weighted by Crippen LogP contribution is -2.57. The van der Waals surface area contributed by atoms with Gasteiger partial charge in [-0.05, 0) is 108 Å². The number of fused-ring (bicyclic) bond motifs is 2. The fourth-order valence-corrected chi connectivity index (χ4v) is 8.97. The number of likely N-dealkylation sites (N-methyl/N-ethyl adjacent to an activating group) is 1. The van der Waals surface area contributed by atoms with Crippen molar-refractivity contribution in [1.82, 2.24) is 29.7 Å². The zero-order chi connectivity index (χ0) is 40.3. The predicted octanol–water partition coefficient (Wildman–Crippen LogP) is 7.99. The van der Waals surface area contributed by atoms with Crippen LogP contribution < -0.4 is 4.90 Å². The summed E-state index contributed by atoms with van der Waals surface area (Å²) in [5, 5.41) is 11.3. The molecule has 9 rings (SSSR count). The van der Waals surface area contributed by atoms with E-state index in [9.17, 15) is 13.9 Å². The van der Waals surface area contributed by atoms with Gasteiger partial charge in [0.05, 0.1) is 33.5 Å². The van der Waals surface area contributed by atoms with Crippen LogP contribution in [0, 0.1) is 11.6 Å². The molecular weight excluding hydrogens is 757 g/mol. The molecule has 0 bridgehead atoms. The Balaban J connectivity index is 0.000000164. The minimum Gasteiger partial charge on any atom is -0.504 e. The highest BCUT2D eigenvalue weighted by Gasteiger charge is 2.32. The van der Waals surface area contributed by atoms with Crippen LogP contribution in [-0.4, -0.2) is 120 Å². The maximum atomic E-state index is 14.0. The highest BCUT2D eigenvalue weighted by molar-refractivity contribution is 7.18. The van der Waals surface area contributed by atoms with Gasteiger partial charge >= 0.3 is 0 Å². The molecular formula is C45H53F2N7O3S. The van der Waals surface area contributed by atoms with Gasteiger partial charge in [-0.25, -0.2) is 14.4 Å². The molecule has 10 nitrogen and oxygen atoms in total. The third kappa shape index (κ3) is 9.05. The van der Waals surface area contributed by atoms with Gasteiger partial charge in [0.25, 0.3) is 0 Å². The van der Waals surface area contributed by atoms with E-state index in [1.807, 2.05) is 31.3 Å². The number of halogens is 2. The zero-order valence-electron chi connectivity index (χ0n) is 33.7. The number of aromatic hydroxyl groups is 1. The van der Waals surface area contributed by atoms with Gasteiger partial charge in [-0.15, -0.1) is 11.3 Å². The van der Waals surface area contributed by atoms with Crippen molar-refractivity contribution in [2.24, 2.45) is 0 Å². The van der Waals surface area contributed by atoms with Crippen LogP contribution in [0.15, 0.2) is 84.9 Å². The number of ether oxygens (including phenoxy) is 2. The molecule has 3 aliphatic rings. The van der Waals surface area contributed by atoms with E-state index >= 15 is 0 Å². The standard InChI is InChI=1S/C25H32N4OS.C20H21F2N3O2/c1-27(2)20-16-29(17-20)19-8-6-7-18(15-19)24(30-21-11-13-28(3)14-12-21)25-26-22-9-4-5-10-23(22)31-25;1-25-10-8-12(9-11-25)27-19(13-6-7-14(21)17(22)18(13)26)20-23-15-4-2-3-5-16(15)24-20/h4-10,15,20-21,24H,11-14,16-17H2,1-3H3;2-7,12,19,26H,8-11H2,1H3,(H,23,24). The number of anilines is 1. The molecule has 2 unspecified atom stereocenters. The SMILES string of the molecule is CN1CCC(OC(c2cccc(N3CC(N(C)C)C3)c2)c2nc3ccccc3s2)CC1.CN1CCC(OC(c2nc3ccccc3[nH]2)c2ccc(F)c(F)c2O)CC1. The number of imidazole rings is 1. The van der Waals surface area contributed by atoms with Gasteiger partial charge in [-0.3, -0.25) is 0 Å². The Bertz CT molecular complexity index is 2230. The number of nitrogens with one attached hydrogen (secondary N) is 1. The van der Waals surface area contributed by atoms with Crippen molar-refractivity contribution in [3.05, 3.63) is 119 Å². The zero-order valence-corrected chi connectivity index (χ0v) is 34.5. The first-order chi connectivity index (χ1) is 28.1. The Kier molecular flexibility index (Phi) is 12.3. The average molecular weight is 810 g/mol. The first-order valence-electron chi connectivity index (χ1n) is 20.3. The Labute approximate surface area is 343 Å². The average Bonchev–Trinajstić information content (AvgIpc) is 3.84. The summed E-state index contributed by atoms with van der Waals surface area (Å²) in [6, 6.07) is 27.8. The lowest BCUT2D eigenvalue weighted by atomic mass is 10.0. The smallest absolute Gasteiger partial charge is 0.200 e. The van der Waals surface area contributed by atoms with Gasteiger partial charge in [-0.2, -0.15) is 4.39 Å². The van der Waals surface area contributed by atoms with Crippen LogP contribution in [0.25, 0.3) is 21.3 Å². The lowest BCUT2D eigenvalue weighted by molar-refractivity contribution is -0.0273. The first-order valence-corrected chi connectivity index (χ1v) is 21.1. The topological polar surface area (TPSA) is 93.2 Å². The first kappa shape index (κ1) is 40.3. The number of piperidine rings is 2. The fourth-order valence-electron chi connectivity index (χ4n) is 7.93. The van der Waals surface area contributed by atoms with Gasteiger partial charge in [0.1, 0.15) is 23.0 Å². The Morgan fingerprint density at radius 3 is 2.07 bits per heavy atom. The van der Waals surface area contributed by atoms with Crippen LogP contribution in [0.5, 0.6) is 5.75 Å². The number of likely N-dealkylation sites (tertiary alicyclic amines) is 2. The van der Waals surface area contributed by atoms with Crippen molar-refractivity contribution in [2.75, 3.05) is 72.4 Å². The molecule has 0 saturated carbocycles. The van der Waals surface area contributed by atoms with E-state index in [0.29, 0.717) is 11.9 Å². The molecule has 3 fully saturated rings. The number of aromatic amines is 1. The van der Waals surface area contributed by atoms with Crippen molar-refractivity contribution in [1.29, 1.82) is 0 Å². The predicted molar refractivity (Wildman–Crippen MR) is 227 cm³/mol. The number of phenolic OH excluding ortho intramolecular Hbond substituents is 1. The number of nitrogens with zero attached hydrogens (tertiary/aromatic N) is 6. The highest BCUT2D eigenvalue weighted by Crippen LogP contribution is 2.38. The second-order valence-corrected chi connectivity index (χ2v) is 17.2. The van der Waals surface area contributed by atoms with Gasteiger partial charge < -0.3 is 39.2 Å². The molecule has 3 saturated heterocycles. The molecule has 4 aromatic carbocycles. The number of thiazole rings is 1. The third-order valence-electron chi connectivity index (χ3n) is 11.7. The highest BCUT2D eigenvalue weighted by atomic mass is 32.1. The Hall–Kier alpha value is -4.50. The summed E-state index contributed by atoms with van der Waals surface area (Å²) in [5.41, 5.74) is 5.27. The van der Waals surface area contributed by atoms with E-state index in [2.05, 4.69) is 99.2 Å². The summed E-state index contributed by atoms with van der Waals surface area (Å²) in [7, 11) is 8.57. The second-order valence-electron chi connectivity index (χ2n) is 16.1. The minimum atomic E-state index is -1.28. The van der Waals surface area contributed by atoms with E-state index in [-0.39, 0.29) is 23.9 Å². The number of rotatable bonds is 10. The van der Waals surface area contributed by atoms with Crippen molar-refractivity contribution in [3.8, 4) is 5.75 Å².